The van der Waals surface area contributed by atoms with Crippen molar-refractivity contribution >= 4 is 35.1 Å². The van der Waals surface area contributed by atoms with Crippen LogP contribution in [0.2, 0.25) is 10.0 Å². The molecule has 1 amide bonds. The Labute approximate surface area is 154 Å². The fourth-order valence-electron chi connectivity index (χ4n) is 1.88. The van der Waals surface area contributed by atoms with Crippen LogP contribution in [-0.4, -0.2) is 44.0 Å². The van der Waals surface area contributed by atoms with E-state index in [1.165, 1.54) is 4.90 Å². The van der Waals surface area contributed by atoms with E-state index in [1.807, 2.05) is 13.0 Å². The second-order valence-corrected chi connectivity index (χ2v) is 7.10. The van der Waals surface area contributed by atoms with Gasteiger partial charge in [-0.25, -0.2) is 4.99 Å². The van der Waals surface area contributed by atoms with Gasteiger partial charge in [0.1, 0.15) is 6.54 Å². The van der Waals surface area contributed by atoms with Gasteiger partial charge in [0, 0.05) is 30.7 Å². The molecule has 0 aromatic heterocycles. The minimum atomic E-state index is -0.0809. The van der Waals surface area contributed by atoms with E-state index < -0.39 is 0 Å². The van der Waals surface area contributed by atoms with Gasteiger partial charge in [0.15, 0.2) is 5.96 Å². The molecule has 24 heavy (non-hydrogen) atoms. The van der Waals surface area contributed by atoms with E-state index in [1.54, 1.807) is 26.2 Å². The van der Waals surface area contributed by atoms with Crippen molar-refractivity contribution in [3.8, 4) is 0 Å². The molecule has 0 aliphatic carbocycles. The average molecular weight is 373 g/mol. The molecule has 0 spiro atoms. The summed E-state index contributed by atoms with van der Waals surface area (Å²) in [6.07, 6.45) is 0. The second kappa shape index (κ2) is 9.74. The van der Waals surface area contributed by atoms with Crippen molar-refractivity contribution in [1.82, 2.24) is 15.5 Å². The third-order valence-electron chi connectivity index (χ3n) is 3.33. The first-order chi connectivity index (χ1) is 11.2. The van der Waals surface area contributed by atoms with Gasteiger partial charge in [0.25, 0.3) is 0 Å². The molecule has 1 rings (SSSR count). The number of nitrogens with zero attached hydrogens (tertiary/aromatic N) is 2. The van der Waals surface area contributed by atoms with Crippen molar-refractivity contribution in [3.63, 3.8) is 0 Å². The van der Waals surface area contributed by atoms with Gasteiger partial charge in [-0.3, -0.25) is 4.79 Å². The molecular formula is C17H26Cl2N4O. The average Bonchev–Trinajstić information content (AvgIpc) is 2.49. The molecule has 0 saturated carbocycles. The zero-order chi connectivity index (χ0) is 18.3. The van der Waals surface area contributed by atoms with Gasteiger partial charge in [-0.1, -0.05) is 43.1 Å². The molecule has 134 valence electrons. The lowest BCUT2D eigenvalue weighted by Gasteiger charge is -2.20. The van der Waals surface area contributed by atoms with Gasteiger partial charge in [0.05, 0.1) is 6.04 Å². The number of likely N-dealkylation sites (N-methyl/N-ethyl adjacent to an activating group) is 1. The molecule has 1 unspecified atom stereocenters. The molecule has 0 aliphatic heterocycles. The Morgan fingerprint density at radius 3 is 2.46 bits per heavy atom. The van der Waals surface area contributed by atoms with Crippen LogP contribution in [0.3, 0.4) is 0 Å². The Balaban J connectivity index is 2.85. The molecule has 7 heteroatoms. The summed E-state index contributed by atoms with van der Waals surface area (Å²) in [5.74, 6) is 0.978. The van der Waals surface area contributed by atoms with Gasteiger partial charge < -0.3 is 15.5 Å². The first-order valence-electron chi connectivity index (χ1n) is 7.90. The van der Waals surface area contributed by atoms with Crippen LogP contribution in [0.4, 0.5) is 0 Å². The van der Waals surface area contributed by atoms with Crippen LogP contribution < -0.4 is 10.6 Å². The maximum absolute atomic E-state index is 11.8. The molecule has 0 heterocycles. The van der Waals surface area contributed by atoms with Crippen LogP contribution in [0.25, 0.3) is 0 Å². The van der Waals surface area contributed by atoms with Crippen molar-refractivity contribution in [2.24, 2.45) is 10.9 Å². The van der Waals surface area contributed by atoms with Crippen molar-refractivity contribution < 1.29 is 4.79 Å². The van der Waals surface area contributed by atoms with Crippen LogP contribution in [0, 0.1) is 5.92 Å². The number of guanidine groups is 1. The van der Waals surface area contributed by atoms with Gasteiger partial charge >= 0.3 is 0 Å². The largest absolute Gasteiger partial charge is 0.356 e. The summed E-state index contributed by atoms with van der Waals surface area (Å²) in [4.78, 5) is 17.6. The number of aliphatic imine (C=N–C) groups is 1. The first kappa shape index (κ1) is 20.6. The maximum atomic E-state index is 11.8. The zero-order valence-electron chi connectivity index (χ0n) is 14.9. The van der Waals surface area contributed by atoms with E-state index in [0.717, 1.165) is 12.1 Å². The molecule has 0 radical (unpaired) electrons. The summed E-state index contributed by atoms with van der Waals surface area (Å²) in [5, 5.41) is 7.72. The van der Waals surface area contributed by atoms with E-state index in [9.17, 15) is 4.79 Å². The summed E-state index contributed by atoms with van der Waals surface area (Å²) in [5.41, 5.74) is 0.916. The molecule has 2 N–H and O–H groups in total. The number of carbonyl (C=O) groups is 1. The lowest BCUT2D eigenvalue weighted by atomic mass is 10.1. The zero-order valence-corrected chi connectivity index (χ0v) is 16.4. The van der Waals surface area contributed by atoms with Crippen LogP contribution >= 0.6 is 23.2 Å². The lowest BCUT2D eigenvalue weighted by molar-refractivity contribution is -0.127. The Bertz CT molecular complexity index is 588. The minimum Gasteiger partial charge on any atom is -0.356 e. The number of amides is 1. The van der Waals surface area contributed by atoms with Gasteiger partial charge in [-0.05, 0) is 30.5 Å². The normalized spacial score (nSPS) is 12.9. The van der Waals surface area contributed by atoms with Gasteiger partial charge in [-0.15, -0.1) is 0 Å². The van der Waals surface area contributed by atoms with E-state index in [4.69, 9.17) is 23.2 Å². The third-order valence-corrected chi connectivity index (χ3v) is 3.89. The first-order valence-corrected chi connectivity index (χ1v) is 8.66. The van der Waals surface area contributed by atoms with Crippen LogP contribution in [0.1, 0.15) is 32.4 Å². The van der Waals surface area contributed by atoms with Crippen LogP contribution in [0.5, 0.6) is 0 Å². The SMILES string of the molecule is CC(C)CNC(=NCC(=O)N(C)C)NC(C)c1ccc(Cl)cc1Cl. The van der Waals surface area contributed by atoms with Gasteiger partial charge in [-0.2, -0.15) is 0 Å². The second-order valence-electron chi connectivity index (χ2n) is 6.26. The summed E-state index contributed by atoms with van der Waals surface area (Å²) in [7, 11) is 3.42. The van der Waals surface area contributed by atoms with Crippen molar-refractivity contribution in [2.75, 3.05) is 27.2 Å². The summed E-state index contributed by atoms with van der Waals surface area (Å²) >= 11 is 12.2. The summed E-state index contributed by atoms with van der Waals surface area (Å²) in [6, 6.07) is 5.31. The summed E-state index contributed by atoms with van der Waals surface area (Å²) in [6.45, 7) is 7.03. The van der Waals surface area contributed by atoms with E-state index in [0.29, 0.717) is 21.9 Å². The Hall–Kier alpha value is -1.46. The Morgan fingerprint density at radius 2 is 1.92 bits per heavy atom. The number of rotatable bonds is 6. The Morgan fingerprint density at radius 1 is 1.25 bits per heavy atom. The molecule has 1 aromatic carbocycles. The molecule has 1 atom stereocenters. The Kier molecular flexibility index (Phi) is 8.36. The molecule has 1 aromatic rings. The molecule has 0 fully saturated rings. The fourth-order valence-corrected chi connectivity index (χ4v) is 2.45. The smallest absolute Gasteiger partial charge is 0.243 e. The monoisotopic (exact) mass is 372 g/mol. The maximum Gasteiger partial charge on any atom is 0.243 e. The van der Waals surface area contributed by atoms with Crippen LogP contribution in [-0.2, 0) is 4.79 Å². The van der Waals surface area contributed by atoms with E-state index >= 15 is 0 Å². The number of benzene rings is 1. The van der Waals surface area contributed by atoms with E-state index in [2.05, 4.69) is 29.5 Å². The lowest BCUT2D eigenvalue weighted by Crippen LogP contribution is -2.41. The summed E-state index contributed by atoms with van der Waals surface area (Å²) < 4.78 is 0. The number of halogens is 2. The highest BCUT2D eigenvalue weighted by Gasteiger charge is 2.13. The van der Waals surface area contributed by atoms with Crippen molar-refractivity contribution in [3.05, 3.63) is 33.8 Å². The number of hydrogen-bond donors (Lipinski definition) is 2. The predicted molar refractivity (Wildman–Crippen MR) is 102 cm³/mol. The minimum absolute atomic E-state index is 0.0576. The highest BCUT2D eigenvalue weighted by Crippen LogP contribution is 2.25. The number of carbonyl (C=O) groups excluding carboxylic acids is 1. The molecule has 0 saturated heterocycles. The quantitative estimate of drug-likeness (QED) is 0.594. The number of hydrogen-bond acceptors (Lipinski definition) is 2. The fraction of sp³-hybridized carbons (Fsp3) is 0.529. The standard InChI is InChI=1S/C17H26Cl2N4O/c1-11(2)9-20-17(21-10-16(24)23(4)5)22-12(3)14-7-6-13(18)8-15(14)19/h6-8,11-12H,9-10H2,1-5H3,(H2,20,21,22). The molecule has 0 aliphatic rings. The van der Waals surface area contributed by atoms with Crippen LogP contribution in [0.15, 0.2) is 23.2 Å². The third kappa shape index (κ3) is 6.97. The van der Waals surface area contributed by atoms with Gasteiger partial charge in [0.2, 0.25) is 5.91 Å². The highest BCUT2D eigenvalue weighted by molar-refractivity contribution is 6.35. The predicted octanol–water partition coefficient (Wildman–Crippen LogP) is 3.33. The molecule has 5 nitrogen and oxygen atoms in total. The topological polar surface area (TPSA) is 56.7 Å². The molecular weight excluding hydrogens is 347 g/mol. The number of nitrogens with one attached hydrogen (secondary N) is 2. The van der Waals surface area contributed by atoms with E-state index in [-0.39, 0.29) is 18.5 Å². The highest BCUT2D eigenvalue weighted by atomic mass is 35.5. The van der Waals surface area contributed by atoms with Crippen molar-refractivity contribution in [2.45, 2.75) is 26.8 Å². The van der Waals surface area contributed by atoms with Crippen molar-refractivity contribution in [1.29, 1.82) is 0 Å². The molecule has 0 bridgehead atoms.